The van der Waals surface area contributed by atoms with Crippen LogP contribution >= 0.6 is 0 Å². The minimum absolute atomic E-state index is 0.299. The molecule has 6 heteroatoms. The summed E-state index contributed by atoms with van der Waals surface area (Å²) in [5.41, 5.74) is -5.67. The van der Waals surface area contributed by atoms with E-state index < -0.39 is 29.8 Å². The molecule has 2 rings (SSSR count). The lowest BCUT2D eigenvalue weighted by Gasteiger charge is -2.29. The van der Waals surface area contributed by atoms with Crippen molar-refractivity contribution >= 4 is 0 Å². The molecule has 0 saturated heterocycles. The largest absolute Gasteiger partial charge is 0.429 e. The highest BCUT2D eigenvalue weighted by Gasteiger charge is 2.74. The summed E-state index contributed by atoms with van der Waals surface area (Å²) in [5, 5.41) is 0. The second-order valence-corrected chi connectivity index (χ2v) is 3.71. The average Bonchev–Trinajstić information content (AvgIpc) is 2.36. The molecular formula is C10H6F6. The van der Waals surface area contributed by atoms with Gasteiger partial charge in [-0.25, -0.2) is 4.39 Å². The molecule has 0 aliphatic heterocycles. The molecule has 0 fully saturated rings. The van der Waals surface area contributed by atoms with E-state index in [2.05, 4.69) is 0 Å². The minimum Gasteiger partial charge on any atom is -0.226 e. The Morgan fingerprint density at radius 3 is 2.06 bits per heavy atom. The Morgan fingerprint density at radius 2 is 1.56 bits per heavy atom. The summed E-state index contributed by atoms with van der Waals surface area (Å²) >= 11 is 0. The highest BCUT2D eigenvalue weighted by atomic mass is 19.4. The number of benzene rings is 1. The molecule has 0 nitrogen and oxygen atoms in total. The third-order valence-corrected chi connectivity index (χ3v) is 2.74. The summed E-state index contributed by atoms with van der Waals surface area (Å²) in [6.45, 7) is 0. The Bertz CT molecular complexity index is 422. The zero-order valence-corrected chi connectivity index (χ0v) is 7.78. The minimum atomic E-state index is -5.59. The Hall–Kier alpha value is -1.20. The van der Waals surface area contributed by atoms with Crippen LogP contribution in [0.4, 0.5) is 26.3 Å². The lowest BCUT2D eigenvalue weighted by atomic mass is 9.98. The number of hydrogen-bond acceptors (Lipinski definition) is 0. The van der Waals surface area contributed by atoms with Crippen LogP contribution in [-0.4, -0.2) is 11.8 Å². The highest BCUT2D eigenvalue weighted by molar-refractivity contribution is 5.41. The predicted octanol–water partition coefficient (Wildman–Crippen LogP) is 3.61. The van der Waals surface area contributed by atoms with Crippen molar-refractivity contribution in [1.29, 1.82) is 0 Å². The second-order valence-electron chi connectivity index (χ2n) is 3.71. The molecule has 0 heterocycles. The quantitative estimate of drug-likeness (QED) is 0.608. The second kappa shape index (κ2) is 2.93. The fourth-order valence-corrected chi connectivity index (χ4v) is 1.85. The maximum atomic E-state index is 13.5. The van der Waals surface area contributed by atoms with Gasteiger partial charge in [0.2, 0.25) is 0 Å². The molecule has 88 valence electrons. The molecule has 0 amide bonds. The molecule has 1 unspecified atom stereocenters. The van der Waals surface area contributed by atoms with Gasteiger partial charge >= 0.3 is 12.1 Å². The van der Waals surface area contributed by atoms with Gasteiger partial charge in [-0.3, -0.25) is 0 Å². The number of rotatable bonds is 0. The Balaban J connectivity index is 2.60. The van der Waals surface area contributed by atoms with Crippen LogP contribution in [0.3, 0.4) is 0 Å². The molecular weight excluding hydrogens is 234 g/mol. The predicted molar refractivity (Wildman–Crippen MR) is 43.9 cm³/mol. The van der Waals surface area contributed by atoms with Crippen molar-refractivity contribution in [2.45, 2.75) is 24.2 Å². The van der Waals surface area contributed by atoms with Crippen LogP contribution < -0.4 is 0 Å². The molecule has 0 N–H and O–H groups in total. The van der Waals surface area contributed by atoms with E-state index in [0.717, 1.165) is 18.2 Å². The van der Waals surface area contributed by atoms with E-state index in [-0.39, 0.29) is 5.56 Å². The molecule has 1 atom stereocenters. The molecule has 0 radical (unpaired) electrons. The van der Waals surface area contributed by atoms with Crippen molar-refractivity contribution in [2.24, 2.45) is 0 Å². The van der Waals surface area contributed by atoms with Crippen molar-refractivity contribution in [1.82, 2.24) is 0 Å². The maximum absolute atomic E-state index is 13.5. The first-order valence-electron chi connectivity index (χ1n) is 4.42. The molecule has 0 saturated carbocycles. The van der Waals surface area contributed by atoms with E-state index in [1.807, 2.05) is 0 Å². The lowest BCUT2D eigenvalue weighted by Crippen LogP contribution is -2.51. The molecule has 1 aliphatic rings. The average molecular weight is 240 g/mol. The standard InChI is InChI=1S/C10H6F6/c11-8(10(14,15)16)5-6-3-1-2-4-7(6)9(8,12)13/h1-4H,5H2. The molecule has 1 aromatic rings. The van der Waals surface area contributed by atoms with Crippen molar-refractivity contribution in [2.75, 3.05) is 0 Å². The van der Waals surface area contributed by atoms with Crippen LogP contribution in [0.5, 0.6) is 0 Å². The third-order valence-electron chi connectivity index (χ3n) is 2.74. The summed E-state index contributed by atoms with van der Waals surface area (Å²) in [6, 6.07) is 4.37. The summed E-state index contributed by atoms with van der Waals surface area (Å²) in [7, 11) is 0. The summed E-state index contributed by atoms with van der Waals surface area (Å²) in [5.74, 6) is -4.53. The first-order valence-corrected chi connectivity index (χ1v) is 4.42. The Morgan fingerprint density at radius 1 is 1.00 bits per heavy atom. The first-order chi connectivity index (χ1) is 7.20. The lowest BCUT2D eigenvalue weighted by molar-refractivity contribution is -0.299. The topological polar surface area (TPSA) is 0 Å². The van der Waals surface area contributed by atoms with Gasteiger partial charge in [-0.2, -0.15) is 22.0 Å². The third kappa shape index (κ3) is 1.18. The van der Waals surface area contributed by atoms with E-state index in [9.17, 15) is 26.3 Å². The van der Waals surface area contributed by atoms with E-state index >= 15 is 0 Å². The summed E-state index contributed by atoms with van der Waals surface area (Å²) in [4.78, 5) is 0. The Labute approximate surface area is 86.9 Å². The maximum Gasteiger partial charge on any atom is 0.429 e. The molecule has 1 aromatic carbocycles. The van der Waals surface area contributed by atoms with Gasteiger partial charge in [0, 0.05) is 12.0 Å². The van der Waals surface area contributed by atoms with Gasteiger partial charge < -0.3 is 0 Å². The van der Waals surface area contributed by atoms with Crippen LogP contribution in [0.25, 0.3) is 0 Å². The van der Waals surface area contributed by atoms with Crippen LogP contribution in [0, 0.1) is 0 Å². The normalized spacial score (nSPS) is 27.9. The zero-order valence-electron chi connectivity index (χ0n) is 7.78. The van der Waals surface area contributed by atoms with Gasteiger partial charge in [0.05, 0.1) is 0 Å². The molecule has 16 heavy (non-hydrogen) atoms. The van der Waals surface area contributed by atoms with Gasteiger partial charge in [0.25, 0.3) is 5.67 Å². The first kappa shape index (κ1) is 11.3. The number of alkyl halides is 6. The number of fused-ring (bicyclic) bond motifs is 1. The fraction of sp³-hybridized carbons (Fsp3) is 0.400. The number of halogens is 6. The van der Waals surface area contributed by atoms with E-state index in [4.69, 9.17) is 0 Å². The molecule has 0 spiro atoms. The van der Waals surface area contributed by atoms with Crippen LogP contribution in [0.2, 0.25) is 0 Å². The van der Waals surface area contributed by atoms with Crippen LogP contribution in [0.15, 0.2) is 24.3 Å². The van der Waals surface area contributed by atoms with Crippen LogP contribution in [0.1, 0.15) is 11.1 Å². The van der Waals surface area contributed by atoms with E-state index in [1.165, 1.54) is 6.07 Å². The fourth-order valence-electron chi connectivity index (χ4n) is 1.85. The van der Waals surface area contributed by atoms with E-state index in [0.29, 0.717) is 0 Å². The van der Waals surface area contributed by atoms with E-state index in [1.54, 1.807) is 0 Å². The van der Waals surface area contributed by atoms with Gasteiger partial charge in [0.1, 0.15) is 0 Å². The number of hydrogen-bond donors (Lipinski definition) is 0. The van der Waals surface area contributed by atoms with Crippen molar-refractivity contribution in [3.63, 3.8) is 0 Å². The summed E-state index contributed by atoms with van der Waals surface area (Å²) < 4.78 is 77.3. The van der Waals surface area contributed by atoms with Crippen molar-refractivity contribution in [3.05, 3.63) is 35.4 Å². The Kier molecular flexibility index (Phi) is 2.06. The smallest absolute Gasteiger partial charge is 0.226 e. The van der Waals surface area contributed by atoms with Gasteiger partial charge in [-0.15, -0.1) is 0 Å². The molecule has 0 bridgehead atoms. The molecule has 1 aliphatic carbocycles. The van der Waals surface area contributed by atoms with Crippen molar-refractivity contribution in [3.8, 4) is 0 Å². The molecule has 0 aromatic heterocycles. The zero-order chi connectivity index (χ0) is 12.2. The van der Waals surface area contributed by atoms with Crippen molar-refractivity contribution < 1.29 is 26.3 Å². The van der Waals surface area contributed by atoms with Gasteiger partial charge in [-0.1, -0.05) is 24.3 Å². The van der Waals surface area contributed by atoms with Gasteiger partial charge in [0.15, 0.2) is 0 Å². The highest BCUT2D eigenvalue weighted by Crippen LogP contribution is 2.57. The SMILES string of the molecule is FC(F)(F)C1(F)Cc2ccccc2C1(F)F. The monoisotopic (exact) mass is 240 g/mol. The summed E-state index contributed by atoms with van der Waals surface area (Å²) in [6.07, 6.45) is -6.92. The van der Waals surface area contributed by atoms with Gasteiger partial charge in [-0.05, 0) is 5.56 Å². The van der Waals surface area contributed by atoms with Crippen LogP contribution in [-0.2, 0) is 12.3 Å².